The van der Waals surface area contributed by atoms with Crippen LogP contribution < -0.4 is 11.5 Å². The minimum Gasteiger partial charge on any atom is -0.382 e. The number of rotatable bonds is 3. The SMILES string of the molecule is NC1=CC(N)(c2cc(CS(=O)(=O)O)ncn2)N=N1. The van der Waals surface area contributed by atoms with E-state index in [1.807, 2.05) is 0 Å². The van der Waals surface area contributed by atoms with Crippen LogP contribution in [0.15, 0.2) is 34.5 Å². The van der Waals surface area contributed by atoms with Gasteiger partial charge in [0.1, 0.15) is 17.9 Å². The molecule has 2 heterocycles. The number of azo groups is 1. The third-order valence-electron chi connectivity index (χ3n) is 2.16. The van der Waals surface area contributed by atoms with E-state index in [2.05, 4.69) is 20.2 Å². The molecule has 0 amide bonds. The van der Waals surface area contributed by atoms with Crippen molar-refractivity contribution < 1.29 is 13.0 Å². The van der Waals surface area contributed by atoms with Crippen molar-refractivity contribution in [2.45, 2.75) is 11.4 Å². The molecule has 0 saturated carbocycles. The zero-order valence-electron chi connectivity index (χ0n) is 9.05. The van der Waals surface area contributed by atoms with Crippen LogP contribution in [0.2, 0.25) is 0 Å². The third-order valence-corrected chi connectivity index (χ3v) is 2.82. The molecule has 1 aliphatic heterocycles. The second-order valence-electron chi connectivity index (χ2n) is 3.72. The van der Waals surface area contributed by atoms with E-state index in [-0.39, 0.29) is 17.2 Å². The van der Waals surface area contributed by atoms with Gasteiger partial charge in [-0.25, -0.2) is 9.97 Å². The second-order valence-corrected chi connectivity index (χ2v) is 5.17. The topological polar surface area (TPSA) is 157 Å². The first-order chi connectivity index (χ1) is 8.28. The molecule has 18 heavy (non-hydrogen) atoms. The summed E-state index contributed by atoms with van der Waals surface area (Å²) in [5.74, 6) is -0.484. The van der Waals surface area contributed by atoms with Gasteiger partial charge in [0.15, 0.2) is 5.66 Å². The Morgan fingerprint density at radius 2 is 2.11 bits per heavy atom. The highest BCUT2D eigenvalue weighted by atomic mass is 32.2. The summed E-state index contributed by atoms with van der Waals surface area (Å²) in [4.78, 5) is 7.61. The van der Waals surface area contributed by atoms with Crippen LogP contribution in [0.3, 0.4) is 0 Å². The Bertz CT molecular complexity index is 640. The van der Waals surface area contributed by atoms with E-state index in [1.165, 1.54) is 12.1 Å². The molecule has 10 heteroatoms. The summed E-state index contributed by atoms with van der Waals surface area (Å²) in [5.41, 5.74) is 10.3. The van der Waals surface area contributed by atoms with Crippen LogP contribution in [-0.2, 0) is 21.5 Å². The minimum absolute atomic E-state index is 0.0985. The largest absolute Gasteiger partial charge is 0.382 e. The van der Waals surface area contributed by atoms with Gasteiger partial charge in [0.05, 0.1) is 11.4 Å². The molecular weight excluding hydrogens is 260 g/mol. The molecule has 1 atom stereocenters. The zero-order valence-corrected chi connectivity index (χ0v) is 9.87. The molecule has 96 valence electrons. The van der Waals surface area contributed by atoms with Crippen LogP contribution >= 0.6 is 0 Å². The first kappa shape index (κ1) is 12.5. The molecule has 0 spiro atoms. The molecule has 0 aliphatic carbocycles. The van der Waals surface area contributed by atoms with Crippen molar-refractivity contribution in [1.29, 1.82) is 0 Å². The van der Waals surface area contributed by atoms with Gasteiger partial charge in [-0.1, -0.05) is 0 Å². The van der Waals surface area contributed by atoms with E-state index in [1.54, 1.807) is 0 Å². The standard InChI is InChI=1S/C8H10N6O3S/c9-7-2-8(10,14-13-7)6-1-5(11-4-12-6)3-18(15,16)17/h1-2,4H,3,9-10H2,(H,15,16,17). The van der Waals surface area contributed by atoms with Crippen molar-refractivity contribution in [3.05, 3.63) is 35.7 Å². The monoisotopic (exact) mass is 270 g/mol. The normalized spacial score (nSPS) is 23.1. The fourth-order valence-electron chi connectivity index (χ4n) is 1.43. The molecule has 0 saturated heterocycles. The van der Waals surface area contributed by atoms with Crippen molar-refractivity contribution in [2.75, 3.05) is 0 Å². The maximum absolute atomic E-state index is 10.8. The average Bonchev–Trinajstić information content (AvgIpc) is 2.58. The van der Waals surface area contributed by atoms with Crippen molar-refractivity contribution in [3.8, 4) is 0 Å². The van der Waals surface area contributed by atoms with Crippen LogP contribution in [0, 0.1) is 0 Å². The average molecular weight is 270 g/mol. The Morgan fingerprint density at radius 1 is 1.39 bits per heavy atom. The van der Waals surface area contributed by atoms with Gasteiger partial charge in [0.25, 0.3) is 10.1 Å². The summed E-state index contributed by atoms with van der Waals surface area (Å²) in [6.45, 7) is 0. The van der Waals surface area contributed by atoms with Crippen LogP contribution in [0.1, 0.15) is 11.4 Å². The highest BCUT2D eigenvalue weighted by Crippen LogP contribution is 2.26. The fourth-order valence-corrected chi connectivity index (χ4v) is 1.96. The minimum atomic E-state index is -4.17. The van der Waals surface area contributed by atoms with E-state index < -0.39 is 21.5 Å². The van der Waals surface area contributed by atoms with E-state index in [9.17, 15) is 8.42 Å². The maximum atomic E-state index is 10.8. The van der Waals surface area contributed by atoms with Crippen LogP contribution in [0.4, 0.5) is 0 Å². The summed E-state index contributed by atoms with van der Waals surface area (Å²) in [5, 5.41) is 7.32. The number of nitrogens with zero attached hydrogens (tertiary/aromatic N) is 4. The maximum Gasteiger partial charge on any atom is 0.270 e. The fraction of sp³-hybridized carbons (Fsp3) is 0.250. The summed E-state index contributed by atoms with van der Waals surface area (Å²) in [6.07, 6.45) is 2.51. The van der Waals surface area contributed by atoms with E-state index in [0.29, 0.717) is 0 Å². The first-order valence-corrected chi connectivity index (χ1v) is 6.36. The molecule has 0 bridgehead atoms. The van der Waals surface area contributed by atoms with Gasteiger partial charge in [-0.15, -0.1) is 5.11 Å². The predicted octanol–water partition coefficient (Wildman–Crippen LogP) is -0.758. The summed E-state index contributed by atoms with van der Waals surface area (Å²) in [7, 11) is -4.17. The summed E-state index contributed by atoms with van der Waals surface area (Å²) < 4.78 is 30.3. The Balaban J connectivity index is 2.37. The van der Waals surface area contributed by atoms with Gasteiger partial charge < -0.3 is 5.73 Å². The molecule has 0 aromatic carbocycles. The van der Waals surface area contributed by atoms with Crippen molar-refractivity contribution in [1.82, 2.24) is 9.97 Å². The summed E-state index contributed by atoms with van der Waals surface area (Å²) >= 11 is 0. The Labute approximate surface area is 102 Å². The van der Waals surface area contributed by atoms with E-state index in [4.69, 9.17) is 16.0 Å². The Kier molecular flexibility index (Phi) is 2.84. The van der Waals surface area contributed by atoms with Crippen molar-refractivity contribution >= 4 is 10.1 Å². The van der Waals surface area contributed by atoms with E-state index in [0.717, 1.165) is 6.33 Å². The molecule has 1 aromatic heterocycles. The molecule has 2 rings (SSSR count). The number of hydrogen-bond donors (Lipinski definition) is 3. The third kappa shape index (κ3) is 2.67. The lowest BCUT2D eigenvalue weighted by atomic mass is 10.1. The molecule has 1 aromatic rings. The Hall–Kier alpha value is -1.91. The number of nitrogens with two attached hydrogens (primary N) is 2. The number of aromatic nitrogens is 2. The zero-order chi connectivity index (χ0) is 13.4. The lowest BCUT2D eigenvalue weighted by Gasteiger charge is -2.15. The highest BCUT2D eigenvalue weighted by molar-refractivity contribution is 7.85. The molecule has 1 unspecified atom stereocenters. The van der Waals surface area contributed by atoms with Crippen molar-refractivity contribution in [3.63, 3.8) is 0 Å². The lowest BCUT2D eigenvalue weighted by molar-refractivity contribution is 0.481. The lowest BCUT2D eigenvalue weighted by Crippen LogP contribution is -2.32. The molecule has 9 nitrogen and oxygen atoms in total. The van der Waals surface area contributed by atoms with Gasteiger partial charge in [0, 0.05) is 6.08 Å². The molecule has 0 radical (unpaired) electrons. The van der Waals surface area contributed by atoms with Crippen LogP contribution in [-0.4, -0.2) is 22.9 Å². The molecular formula is C8H10N6O3S. The van der Waals surface area contributed by atoms with Crippen molar-refractivity contribution in [2.24, 2.45) is 21.7 Å². The highest BCUT2D eigenvalue weighted by Gasteiger charge is 2.31. The second kappa shape index (κ2) is 4.08. The number of hydrogen-bond acceptors (Lipinski definition) is 8. The smallest absolute Gasteiger partial charge is 0.270 e. The predicted molar refractivity (Wildman–Crippen MR) is 60.3 cm³/mol. The quantitative estimate of drug-likeness (QED) is 0.609. The van der Waals surface area contributed by atoms with Gasteiger partial charge in [0.2, 0.25) is 0 Å². The van der Waals surface area contributed by atoms with Gasteiger partial charge >= 0.3 is 0 Å². The van der Waals surface area contributed by atoms with Crippen LogP contribution in [0.25, 0.3) is 0 Å². The van der Waals surface area contributed by atoms with E-state index >= 15 is 0 Å². The molecule has 0 fully saturated rings. The summed E-state index contributed by atoms with van der Waals surface area (Å²) in [6, 6.07) is 1.32. The first-order valence-electron chi connectivity index (χ1n) is 4.75. The molecule has 5 N–H and O–H groups in total. The van der Waals surface area contributed by atoms with Crippen LogP contribution in [0.5, 0.6) is 0 Å². The van der Waals surface area contributed by atoms with Gasteiger partial charge in [-0.2, -0.15) is 13.5 Å². The Morgan fingerprint density at radius 3 is 2.67 bits per heavy atom. The van der Waals surface area contributed by atoms with Gasteiger partial charge in [-0.3, -0.25) is 10.3 Å². The molecule has 1 aliphatic rings. The van der Waals surface area contributed by atoms with Gasteiger partial charge in [-0.05, 0) is 6.07 Å².